The molecule has 0 aromatic carbocycles. The molecule has 1 aliphatic carbocycles. The molecule has 1 heterocycles. The number of carbonyl (C=O) groups is 2. The summed E-state index contributed by atoms with van der Waals surface area (Å²) in [6, 6.07) is 0. The highest BCUT2D eigenvalue weighted by Crippen LogP contribution is 2.37. The number of carbonyl (C=O) groups excluding carboxylic acids is 2. The normalized spacial score (nSPS) is 32.1. The molecule has 2 aliphatic rings. The number of ether oxygens (including phenoxy) is 1. The molecule has 0 aromatic heterocycles. The van der Waals surface area contributed by atoms with Crippen molar-refractivity contribution in [2.45, 2.75) is 31.8 Å². The fourth-order valence-electron chi connectivity index (χ4n) is 2.03. The average Bonchev–Trinajstić information content (AvgIpc) is 2.47. The van der Waals surface area contributed by atoms with Crippen LogP contribution >= 0.6 is 23.2 Å². The standard InChI is InChI=1S/C10H10Cl2O3/c11-7-8(12)10(14)15-9(7)5-3-1-2-4-6(5)13/h5,9H,1-4H2/t5-,9+/m1/s1. The Balaban J connectivity index is 2.18. The second kappa shape index (κ2) is 4.14. The Kier molecular flexibility index (Phi) is 3.03. The second-order valence-electron chi connectivity index (χ2n) is 3.81. The number of esters is 1. The fraction of sp³-hybridized carbons (Fsp3) is 0.600. The molecular formula is C10H10Cl2O3. The van der Waals surface area contributed by atoms with E-state index in [1.165, 1.54) is 0 Å². The van der Waals surface area contributed by atoms with Crippen molar-refractivity contribution in [3.63, 3.8) is 0 Å². The Morgan fingerprint density at radius 2 is 1.93 bits per heavy atom. The summed E-state index contributed by atoms with van der Waals surface area (Å²) >= 11 is 11.5. The average molecular weight is 249 g/mol. The summed E-state index contributed by atoms with van der Waals surface area (Å²) in [5, 5.41) is 0.0990. The maximum Gasteiger partial charge on any atom is 0.351 e. The van der Waals surface area contributed by atoms with Crippen LogP contribution in [0.2, 0.25) is 0 Å². The van der Waals surface area contributed by atoms with Crippen LogP contribution in [0.3, 0.4) is 0 Å². The summed E-state index contributed by atoms with van der Waals surface area (Å²) in [5.41, 5.74) is 0. The van der Waals surface area contributed by atoms with E-state index in [-0.39, 0.29) is 21.8 Å². The highest BCUT2D eigenvalue weighted by Gasteiger charge is 2.41. The van der Waals surface area contributed by atoms with E-state index in [2.05, 4.69) is 0 Å². The molecule has 2 atom stereocenters. The molecule has 0 amide bonds. The van der Waals surface area contributed by atoms with E-state index in [1.807, 2.05) is 0 Å². The number of Topliss-reactive ketones (excluding diaryl/α,β-unsaturated/α-hetero) is 1. The van der Waals surface area contributed by atoms with Crippen LogP contribution in [0.4, 0.5) is 0 Å². The van der Waals surface area contributed by atoms with Gasteiger partial charge in [-0.1, -0.05) is 29.6 Å². The fourth-order valence-corrected chi connectivity index (χ4v) is 2.46. The number of cyclic esters (lactones) is 1. The second-order valence-corrected chi connectivity index (χ2v) is 4.59. The first kappa shape index (κ1) is 11.0. The van der Waals surface area contributed by atoms with Gasteiger partial charge < -0.3 is 4.74 Å². The summed E-state index contributed by atoms with van der Waals surface area (Å²) in [5.74, 6) is -0.806. The van der Waals surface area contributed by atoms with E-state index in [0.29, 0.717) is 6.42 Å². The van der Waals surface area contributed by atoms with Crippen LogP contribution in [-0.2, 0) is 14.3 Å². The first-order chi connectivity index (χ1) is 7.11. The number of halogens is 2. The smallest absolute Gasteiger partial charge is 0.351 e. The molecule has 82 valence electrons. The van der Waals surface area contributed by atoms with Gasteiger partial charge >= 0.3 is 5.97 Å². The van der Waals surface area contributed by atoms with Crippen molar-refractivity contribution < 1.29 is 14.3 Å². The SMILES string of the molecule is O=C1O[C@@H]([C@@H]2CCCCC2=O)C(Cl)=C1Cl. The van der Waals surface area contributed by atoms with Crippen LogP contribution in [-0.4, -0.2) is 17.9 Å². The largest absolute Gasteiger partial charge is 0.451 e. The van der Waals surface area contributed by atoms with E-state index in [1.54, 1.807) is 0 Å². The molecule has 1 saturated carbocycles. The summed E-state index contributed by atoms with van der Waals surface area (Å²) in [6.45, 7) is 0. The number of hydrogen-bond donors (Lipinski definition) is 0. The van der Waals surface area contributed by atoms with Gasteiger partial charge in [0.2, 0.25) is 0 Å². The Bertz CT molecular complexity index is 349. The molecule has 0 N–H and O–H groups in total. The molecule has 15 heavy (non-hydrogen) atoms. The van der Waals surface area contributed by atoms with Crippen molar-refractivity contribution in [1.29, 1.82) is 0 Å². The lowest BCUT2D eigenvalue weighted by molar-refractivity contribution is -0.144. The molecule has 1 aliphatic heterocycles. The third-order valence-corrected chi connectivity index (χ3v) is 3.70. The number of rotatable bonds is 1. The van der Waals surface area contributed by atoms with Gasteiger partial charge in [0.15, 0.2) is 0 Å². The lowest BCUT2D eigenvalue weighted by Crippen LogP contribution is -2.31. The zero-order chi connectivity index (χ0) is 11.0. The Morgan fingerprint density at radius 1 is 1.20 bits per heavy atom. The lowest BCUT2D eigenvalue weighted by Gasteiger charge is -2.25. The molecule has 0 saturated heterocycles. The van der Waals surface area contributed by atoms with Crippen LogP contribution in [0.1, 0.15) is 25.7 Å². The zero-order valence-electron chi connectivity index (χ0n) is 7.96. The number of ketones is 1. The molecule has 2 rings (SSSR count). The number of hydrogen-bond acceptors (Lipinski definition) is 3. The van der Waals surface area contributed by atoms with Crippen molar-refractivity contribution in [2.24, 2.45) is 5.92 Å². The molecule has 0 radical (unpaired) electrons. The molecular weight excluding hydrogens is 239 g/mol. The first-order valence-corrected chi connectivity index (χ1v) is 5.65. The van der Waals surface area contributed by atoms with Crippen LogP contribution < -0.4 is 0 Å². The summed E-state index contributed by atoms with van der Waals surface area (Å²) in [6.07, 6.45) is 2.49. The van der Waals surface area contributed by atoms with E-state index in [4.69, 9.17) is 27.9 Å². The minimum absolute atomic E-state index is 0.0833. The van der Waals surface area contributed by atoms with Crippen molar-refractivity contribution in [3.05, 3.63) is 10.1 Å². The van der Waals surface area contributed by atoms with Gasteiger partial charge in [-0.15, -0.1) is 0 Å². The van der Waals surface area contributed by atoms with Crippen molar-refractivity contribution in [1.82, 2.24) is 0 Å². The van der Waals surface area contributed by atoms with Crippen molar-refractivity contribution >= 4 is 35.0 Å². The Morgan fingerprint density at radius 3 is 2.47 bits per heavy atom. The third kappa shape index (κ3) is 1.91. The van der Waals surface area contributed by atoms with Crippen LogP contribution in [0, 0.1) is 5.92 Å². The molecule has 5 heteroatoms. The Labute approximate surface area is 97.4 Å². The van der Waals surface area contributed by atoms with E-state index < -0.39 is 12.1 Å². The van der Waals surface area contributed by atoms with Crippen molar-refractivity contribution in [3.8, 4) is 0 Å². The minimum Gasteiger partial charge on any atom is -0.451 e. The van der Waals surface area contributed by atoms with Gasteiger partial charge in [-0.05, 0) is 12.8 Å². The van der Waals surface area contributed by atoms with Crippen molar-refractivity contribution in [2.75, 3.05) is 0 Å². The van der Waals surface area contributed by atoms with Gasteiger partial charge in [0.05, 0.1) is 11.0 Å². The zero-order valence-corrected chi connectivity index (χ0v) is 9.48. The first-order valence-electron chi connectivity index (χ1n) is 4.90. The van der Waals surface area contributed by atoms with Gasteiger partial charge in [-0.25, -0.2) is 4.79 Å². The molecule has 0 spiro atoms. The maximum atomic E-state index is 11.6. The Hall–Kier alpha value is -0.540. The molecule has 3 nitrogen and oxygen atoms in total. The van der Waals surface area contributed by atoms with Crippen LogP contribution in [0.5, 0.6) is 0 Å². The molecule has 1 fully saturated rings. The summed E-state index contributed by atoms with van der Waals surface area (Å²) in [4.78, 5) is 22.8. The predicted octanol–water partition coefficient (Wildman–Crippen LogP) is 2.36. The third-order valence-electron chi connectivity index (χ3n) is 2.84. The van der Waals surface area contributed by atoms with Crippen LogP contribution in [0.25, 0.3) is 0 Å². The predicted molar refractivity (Wildman–Crippen MR) is 55.6 cm³/mol. The topological polar surface area (TPSA) is 43.4 Å². The van der Waals surface area contributed by atoms with Gasteiger partial charge in [0.25, 0.3) is 0 Å². The highest BCUT2D eigenvalue weighted by molar-refractivity contribution is 6.48. The van der Waals surface area contributed by atoms with Gasteiger partial charge in [0.1, 0.15) is 16.9 Å². The van der Waals surface area contributed by atoms with E-state index in [9.17, 15) is 9.59 Å². The molecule has 0 bridgehead atoms. The van der Waals surface area contributed by atoms with E-state index >= 15 is 0 Å². The molecule has 0 aromatic rings. The summed E-state index contributed by atoms with van der Waals surface area (Å²) < 4.78 is 5.00. The van der Waals surface area contributed by atoms with Gasteiger partial charge in [-0.2, -0.15) is 0 Å². The lowest BCUT2D eigenvalue weighted by atomic mass is 9.84. The van der Waals surface area contributed by atoms with E-state index in [0.717, 1.165) is 19.3 Å². The van der Waals surface area contributed by atoms with Gasteiger partial charge in [0, 0.05) is 6.42 Å². The highest BCUT2D eigenvalue weighted by atomic mass is 35.5. The maximum absolute atomic E-state index is 11.6. The minimum atomic E-state index is -0.639. The summed E-state index contributed by atoms with van der Waals surface area (Å²) in [7, 11) is 0. The molecule has 0 unspecified atom stereocenters. The quantitative estimate of drug-likeness (QED) is 0.670. The van der Waals surface area contributed by atoms with Crippen LogP contribution in [0.15, 0.2) is 10.1 Å². The monoisotopic (exact) mass is 248 g/mol. The van der Waals surface area contributed by atoms with Gasteiger partial charge in [-0.3, -0.25) is 4.79 Å².